The van der Waals surface area contributed by atoms with Gasteiger partial charge in [0.15, 0.2) is 0 Å². The Hall–Kier alpha value is -0.140. The summed E-state index contributed by atoms with van der Waals surface area (Å²) in [7, 11) is 0. The van der Waals surface area contributed by atoms with Crippen molar-refractivity contribution in [3.05, 3.63) is 0 Å². The summed E-state index contributed by atoms with van der Waals surface area (Å²) in [6, 6.07) is 0. The molecule has 0 bridgehead atoms. The normalized spacial score (nSPS) is 24.0. The van der Waals surface area contributed by atoms with E-state index in [2.05, 4.69) is 0 Å². The van der Waals surface area contributed by atoms with Crippen molar-refractivity contribution < 1.29 is 8.78 Å². The van der Waals surface area contributed by atoms with Gasteiger partial charge in [0, 0.05) is 5.41 Å². The molecule has 0 aromatic heterocycles. The first-order valence-electron chi connectivity index (χ1n) is 2.99. The van der Waals surface area contributed by atoms with Crippen molar-refractivity contribution in [2.75, 3.05) is 0 Å². The summed E-state index contributed by atoms with van der Waals surface area (Å²) in [5, 5.41) is 0. The van der Waals surface area contributed by atoms with E-state index in [0.29, 0.717) is 6.42 Å². The van der Waals surface area contributed by atoms with Crippen LogP contribution in [0.2, 0.25) is 0 Å². The van der Waals surface area contributed by atoms with Crippen LogP contribution in [0.4, 0.5) is 8.78 Å². The van der Waals surface area contributed by atoms with E-state index in [9.17, 15) is 8.78 Å². The Morgan fingerprint density at radius 2 is 2.00 bits per heavy atom. The highest BCUT2D eigenvalue weighted by Gasteiger charge is 2.48. The molecule has 2 heteroatoms. The Morgan fingerprint density at radius 1 is 1.50 bits per heavy atom. The summed E-state index contributed by atoms with van der Waals surface area (Å²) in [5.41, 5.74) is -0.542. The molecule has 0 unspecified atom stereocenters. The van der Waals surface area contributed by atoms with Crippen molar-refractivity contribution in [3.8, 4) is 0 Å². The molecule has 0 saturated heterocycles. The molecule has 0 atom stereocenters. The topological polar surface area (TPSA) is 0 Å². The van der Waals surface area contributed by atoms with E-state index >= 15 is 0 Å². The highest BCUT2D eigenvalue weighted by Crippen LogP contribution is 2.53. The van der Waals surface area contributed by atoms with Crippen molar-refractivity contribution in [2.24, 2.45) is 5.41 Å². The molecule has 0 nitrogen and oxygen atoms in total. The summed E-state index contributed by atoms with van der Waals surface area (Å²) < 4.78 is 23.8. The van der Waals surface area contributed by atoms with E-state index in [0.717, 1.165) is 12.8 Å². The highest BCUT2D eigenvalue weighted by molar-refractivity contribution is 4.93. The zero-order chi connectivity index (χ0) is 6.20. The molecule has 0 radical (unpaired) electrons. The van der Waals surface area contributed by atoms with E-state index < -0.39 is 11.8 Å². The summed E-state index contributed by atoms with van der Waals surface area (Å²) in [6.07, 6.45) is 0.0417. The average Bonchev–Trinajstić information content (AvgIpc) is 2.44. The van der Waals surface area contributed by atoms with Crippen molar-refractivity contribution >= 4 is 0 Å². The number of hydrogen-bond donors (Lipinski definition) is 0. The molecule has 48 valence electrons. The summed E-state index contributed by atoms with van der Waals surface area (Å²) in [6.45, 7) is 1.83. The van der Waals surface area contributed by atoms with Gasteiger partial charge in [0.1, 0.15) is 0 Å². The van der Waals surface area contributed by atoms with Crippen molar-refractivity contribution in [3.63, 3.8) is 0 Å². The number of rotatable bonds is 2. The van der Waals surface area contributed by atoms with Crippen LogP contribution in [0.5, 0.6) is 0 Å². The second kappa shape index (κ2) is 1.67. The van der Waals surface area contributed by atoms with Crippen LogP contribution in [0.3, 0.4) is 0 Å². The molecule has 0 aliphatic heterocycles. The Morgan fingerprint density at radius 3 is 2.00 bits per heavy atom. The van der Waals surface area contributed by atoms with Crippen LogP contribution in [0.15, 0.2) is 0 Å². The standard InChI is InChI=1S/C6H10F2/c1-2-6(3-4-6)5(7)8/h5H,2-4H2,1H3. The van der Waals surface area contributed by atoms with Gasteiger partial charge in [0.05, 0.1) is 0 Å². The van der Waals surface area contributed by atoms with Crippen LogP contribution in [0.25, 0.3) is 0 Å². The Balaban J connectivity index is 2.41. The van der Waals surface area contributed by atoms with E-state index in [1.165, 1.54) is 0 Å². The maximum absolute atomic E-state index is 11.9. The van der Waals surface area contributed by atoms with E-state index in [1.807, 2.05) is 6.92 Å². The molecular formula is C6H10F2. The van der Waals surface area contributed by atoms with Crippen LogP contribution < -0.4 is 0 Å². The largest absolute Gasteiger partial charge is 0.244 e. The molecular weight excluding hydrogens is 110 g/mol. The van der Waals surface area contributed by atoms with Gasteiger partial charge in [0.25, 0.3) is 0 Å². The van der Waals surface area contributed by atoms with E-state index in [-0.39, 0.29) is 0 Å². The summed E-state index contributed by atoms with van der Waals surface area (Å²) >= 11 is 0. The first-order chi connectivity index (χ1) is 3.71. The molecule has 1 aliphatic rings. The van der Waals surface area contributed by atoms with Crippen molar-refractivity contribution in [1.29, 1.82) is 0 Å². The van der Waals surface area contributed by atoms with Gasteiger partial charge in [-0.05, 0) is 19.3 Å². The van der Waals surface area contributed by atoms with Crippen LogP contribution in [-0.4, -0.2) is 6.43 Å². The number of hydrogen-bond acceptors (Lipinski definition) is 0. The maximum Gasteiger partial charge on any atom is 0.244 e. The van der Waals surface area contributed by atoms with Crippen molar-refractivity contribution in [2.45, 2.75) is 32.6 Å². The minimum atomic E-state index is -2.08. The van der Waals surface area contributed by atoms with Gasteiger partial charge in [-0.2, -0.15) is 0 Å². The lowest BCUT2D eigenvalue weighted by atomic mass is 10.1. The maximum atomic E-state index is 11.9. The first kappa shape index (κ1) is 5.99. The Labute approximate surface area is 47.9 Å². The second-order valence-corrected chi connectivity index (χ2v) is 2.52. The molecule has 1 rings (SSSR count). The molecule has 1 fully saturated rings. The number of alkyl halides is 2. The second-order valence-electron chi connectivity index (χ2n) is 2.52. The Bertz CT molecular complexity index is 84.5. The van der Waals surface area contributed by atoms with Crippen LogP contribution in [0.1, 0.15) is 26.2 Å². The Kier molecular flexibility index (Phi) is 1.25. The van der Waals surface area contributed by atoms with Gasteiger partial charge in [-0.15, -0.1) is 0 Å². The average molecular weight is 120 g/mol. The minimum absolute atomic E-state index is 0.542. The predicted octanol–water partition coefficient (Wildman–Crippen LogP) is 2.44. The third-order valence-corrected chi connectivity index (χ3v) is 2.06. The van der Waals surface area contributed by atoms with Crippen LogP contribution in [0, 0.1) is 5.41 Å². The fourth-order valence-electron chi connectivity index (χ4n) is 0.887. The van der Waals surface area contributed by atoms with Gasteiger partial charge in [0.2, 0.25) is 6.43 Å². The summed E-state index contributed by atoms with van der Waals surface area (Å²) in [4.78, 5) is 0. The lowest BCUT2D eigenvalue weighted by molar-refractivity contribution is 0.0593. The molecule has 1 saturated carbocycles. The molecule has 0 spiro atoms. The third-order valence-electron chi connectivity index (χ3n) is 2.06. The van der Waals surface area contributed by atoms with Gasteiger partial charge >= 0.3 is 0 Å². The van der Waals surface area contributed by atoms with Crippen molar-refractivity contribution in [1.82, 2.24) is 0 Å². The van der Waals surface area contributed by atoms with Gasteiger partial charge in [-0.3, -0.25) is 0 Å². The SMILES string of the molecule is CCC1(C(F)F)CC1. The van der Waals surface area contributed by atoms with E-state index in [4.69, 9.17) is 0 Å². The third kappa shape index (κ3) is 0.721. The minimum Gasteiger partial charge on any atom is -0.210 e. The predicted molar refractivity (Wildman–Crippen MR) is 28.0 cm³/mol. The lowest BCUT2D eigenvalue weighted by Gasteiger charge is -2.08. The van der Waals surface area contributed by atoms with Gasteiger partial charge < -0.3 is 0 Å². The van der Waals surface area contributed by atoms with Crippen LogP contribution in [-0.2, 0) is 0 Å². The first-order valence-corrected chi connectivity index (χ1v) is 2.99. The fourth-order valence-corrected chi connectivity index (χ4v) is 0.887. The van der Waals surface area contributed by atoms with E-state index in [1.54, 1.807) is 0 Å². The molecule has 0 amide bonds. The molecule has 0 aromatic rings. The van der Waals surface area contributed by atoms with Gasteiger partial charge in [-0.1, -0.05) is 6.92 Å². The molecule has 0 aromatic carbocycles. The zero-order valence-corrected chi connectivity index (χ0v) is 4.95. The zero-order valence-electron chi connectivity index (χ0n) is 4.95. The molecule has 8 heavy (non-hydrogen) atoms. The molecule has 1 aliphatic carbocycles. The fraction of sp³-hybridized carbons (Fsp3) is 1.00. The summed E-state index contributed by atoms with van der Waals surface area (Å²) in [5.74, 6) is 0. The molecule has 0 N–H and O–H groups in total. The van der Waals surface area contributed by atoms with Crippen LogP contribution >= 0.6 is 0 Å². The molecule has 0 heterocycles. The number of halogens is 2. The monoisotopic (exact) mass is 120 g/mol. The lowest BCUT2D eigenvalue weighted by Crippen LogP contribution is -2.09. The van der Waals surface area contributed by atoms with Gasteiger partial charge in [-0.25, -0.2) is 8.78 Å². The quantitative estimate of drug-likeness (QED) is 0.525. The highest BCUT2D eigenvalue weighted by atomic mass is 19.3. The smallest absolute Gasteiger partial charge is 0.210 e.